The maximum atomic E-state index is 11.3. The van der Waals surface area contributed by atoms with Crippen molar-refractivity contribution in [1.82, 2.24) is 0 Å². The Morgan fingerprint density at radius 2 is 2.57 bits per heavy atom. The standard InChI is InChI=1S/C9H11N3O2/c1-14-9(13)6-2-5-3-7(5)8(4-6)11-12-10/h2,5,7-8H,3-4H2,1H3. The van der Waals surface area contributed by atoms with E-state index < -0.39 is 0 Å². The minimum absolute atomic E-state index is 0.0518. The van der Waals surface area contributed by atoms with Gasteiger partial charge in [0.25, 0.3) is 0 Å². The quantitative estimate of drug-likeness (QED) is 0.290. The molecule has 0 N–H and O–H groups in total. The summed E-state index contributed by atoms with van der Waals surface area (Å²) in [5.74, 6) is 0.584. The second kappa shape index (κ2) is 3.35. The zero-order valence-electron chi connectivity index (χ0n) is 7.88. The Bertz CT molecular complexity index is 344. The molecule has 1 saturated carbocycles. The number of allylic oxidation sites excluding steroid dienone is 1. The number of esters is 1. The van der Waals surface area contributed by atoms with Crippen molar-refractivity contribution in [2.75, 3.05) is 7.11 Å². The van der Waals surface area contributed by atoms with E-state index in [0.29, 0.717) is 23.8 Å². The fraction of sp³-hybridized carbons (Fsp3) is 0.667. The Kier molecular flexibility index (Phi) is 2.17. The van der Waals surface area contributed by atoms with Gasteiger partial charge in [-0.2, -0.15) is 0 Å². The van der Waals surface area contributed by atoms with Gasteiger partial charge in [-0.05, 0) is 30.2 Å². The molecule has 2 aliphatic carbocycles. The molecule has 0 saturated heterocycles. The number of methoxy groups -OCH3 is 1. The molecule has 14 heavy (non-hydrogen) atoms. The average Bonchev–Trinajstić information content (AvgIpc) is 2.96. The van der Waals surface area contributed by atoms with Crippen LogP contribution in [0.4, 0.5) is 0 Å². The maximum absolute atomic E-state index is 11.3. The van der Waals surface area contributed by atoms with E-state index in [1.165, 1.54) is 7.11 Å². The molecule has 0 aromatic rings. The Morgan fingerprint density at radius 1 is 1.79 bits per heavy atom. The summed E-state index contributed by atoms with van der Waals surface area (Å²) >= 11 is 0. The number of carbonyl (C=O) groups excluding carboxylic acids is 1. The minimum atomic E-state index is -0.298. The molecule has 2 aliphatic rings. The highest BCUT2D eigenvalue weighted by molar-refractivity contribution is 5.88. The molecule has 0 aromatic carbocycles. The highest BCUT2D eigenvalue weighted by Crippen LogP contribution is 2.49. The molecule has 74 valence electrons. The average molecular weight is 193 g/mol. The SMILES string of the molecule is COC(=O)C1=CC2CC2C(N=[N+]=[N-])C1. The molecule has 2 rings (SSSR count). The minimum Gasteiger partial charge on any atom is -0.466 e. The largest absolute Gasteiger partial charge is 0.466 e. The van der Waals surface area contributed by atoms with E-state index in [0.717, 1.165) is 6.42 Å². The number of carbonyl (C=O) groups is 1. The van der Waals surface area contributed by atoms with Crippen molar-refractivity contribution >= 4 is 5.97 Å². The Hall–Kier alpha value is -1.48. The summed E-state index contributed by atoms with van der Waals surface area (Å²) < 4.78 is 4.64. The van der Waals surface area contributed by atoms with Gasteiger partial charge in [0.2, 0.25) is 0 Å². The van der Waals surface area contributed by atoms with E-state index in [4.69, 9.17) is 5.53 Å². The summed E-state index contributed by atoms with van der Waals surface area (Å²) in [6.45, 7) is 0. The van der Waals surface area contributed by atoms with Crippen molar-refractivity contribution in [2.24, 2.45) is 17.0 Å². The number of rotatable bonds is 2. The summed E-state index contributed by atoms with van der Waals surface area (Å²) in [5.41, 5.74) is 9.02. The molecule has 5 heteroatoms. The van der Waals surface area contributed by atoms with Gasteiger partial charge >= 0.3 is 5.97 Å². The van der Waals surface area contributed by atoms with Crippen LogP contribution in [-0.2, 0) is 9.53 Å². The number of fused-ring (bicyclic) bond motifs is 1. The van der Waals surface area contributed by atoms with E-state index in [1.54, 1.807) is 0 Å². The highest BCUT2D eigenvalue weighted by atomic mass is 16.5. The second-order valence-corrected chi connectivity index (χ2v) is 3.72. The van der Waals surface area contributed by atoms with Crippen LogP contribution in [0.2, 0.25) is 0 Å². The molecule has 0 bridgehead atoms. The van der Waals surface area contributed by atoms with E-state index in [2.05, 4.69) is 14.8 Å². The van der Waals surface area contributed by atoms with Gasteiger partial charge in [0.15, 0.2) is 0 Å². The molecule has 0 amide bonds. The number of nitrogens with zero attached hydrogens (tertiary/aromatic N) is 3. The lowest BCUT2D eigenvalue weighted by Crippen LogP contribution is -2.18. The van der Waals surface area contributed by atoms with Crippen LogP contribution < -0.4 is 0 Å². The first-order valence-corrected chi connectivity index (χ1v) is 4.59. The van der Waals surface area contributed by atoms with Crippen molar-refractivity contribution < 1.29 is 9.53 Å². The number of ether oxygens (including phenoxy) is 1. The van der Waals surface area contributed by atoms with E-state index >= 15 is 0 Å². The predicted molar refractivity (Wildman–Crippen MR) is 49.2 cm³/mol. The molecule has 0 spiro atoms. The van der Waals surface area contributed by atoms with E-state index in [9.17, 15) is 4.79 Å². The van der Waals surface area contributed by atoms with Crippen LogP contribution in [0.1, 0.15) is 12.8 Å². The van der Waals surface area contributed by atoms with Crippen LogP contribution >= 0.6 is 0 Å². The van der Waals surface area contributed by atoms with Crippen molar-refractivity contribution in [3.05, 3.63) is 22.1 Å². The fourth-order valence-electron chi connectivity index (χ4n) is 2.05. The first kappa shape index (κ1) is 9.09. The molecule has 5 nitrogen and oxygen atoms in total. The highest BCUT2D eigenvalue weighted by Gasteiger charge is 2.45. The first-order chi connectivity index (χ1) is 6.76. The molecule has 0 aliphatic heterocycles. The van der Waals surface area contributed by atoms with Gasteiger partial charge in [0.05, 0.1) is 7.11 Å². The number of azide groups is 1. The summed E-state index contributed by atoms with van der Waals surface area (Å²) in [6, 6.07) is -0.0518. The van der Waals surface area contributed by atoms with Crippen molar-refractivity contribution in [1.29, 1.82) is 0 Å². The Morgan fingerprint density at radius 3 is 3.21 bits per heavy atom. The third-order valence-corrected chi connectivity index (χ3v) is 2.88. The topological polar surface area (TPSA) is 75.1 Å². The number of hydrogen-bond acceptors (Lipinski definition) is 3. The van der Waals surface area contributed by atoms with Crippen molar-refractivity contribution in [2.45, 2.75) is 18.9 Å². The van der Waals surface area contributed by atoms with Gasteiger partial charge in [-0.25, -0.2) is 4.79 Å². The fourth-order valence-corrected chi connectivity index (χ4v) is 2.05. The molecule has 0 aromatic heterocycles. The maximum Gasteiger partial charge on any atom is 0.333 e. The second-order valence-electron chi connectivity index (χ2n) is 3.72. The van der Waals surface area contributed by atoms with Gasteiger partial charge in [0, 0.05) is 16.5 Å². The summed E-state index contributed by atoms with van der Waals surface area (Å²) in [4.78, 5) is 14.1. The molecule has 3 unspecified atom stereocenters. The van der Waals surface area contributed by atoms with Crippen molar-refractivity contribution in [3.8, 4) is 0 Å². The van der Waals surface area contributed by atoms with Crippen LogP contribution in [0.25, 0.3) is 10.4 Å². The summed E-state index contributed by atoms with van der Waals surface area (Å²) in [6.07, 6.45) is 3.52. The van der Waals surface area contributed by atoms with Gasteiger partial charge in [-0.1, -0.05) is 11.2 Å². The molecular formula is C9H11N3O2. The lowest BCUT2D eigenvalue weighted by atomic mass is 9.95. The summed E-state index contributed by atoms with van der Waals surface area (Å²) in [5, 5.41) is 3.71. The Balaban J connectivity index is 2.14. The van der Waals surface area contributed by atoms with Gasteiger partial charge < -0.3 is 4.74 Å². The number of hydrogen-bond donors (Lipinski definition) is 0. The third-order valence-electron chi connectivity index (χ3n) is 2.88. The van der Waals surface area contributed by atoms with Gasteiger partial charge in [-0.3, -0.25) is 0 Å². The van der Waals surface area contributed by atoms with Crippen LogP contribution in [0.15, 0.2) is 16.8 Å². The van der Waals surface area contributed by atoms with Crippen LogP contribution in [0, 0.1) is 11.8 Å². The molecule has 3 atom stereocenters. The lowest BCUT2D eigenvalue weighted by Gasteiger charge is -2.16. The van der Waals surface area contributed by atoms with E-state index in [1.807, 2.05) is 6.08 Å². The van der Waals surface area contributed by atoms with Crippen LogP contribution in [0.5, 0.6) is 0 Å². The molecule has 1 fully saturated rings. The van der Waals surface area contributed by atoms with Crippen LogP contribution in [-0.4, -0.2) is 19.1 Å². The Labute approximate surface area is 81.4 Å². The molecular weight excluding hydrogens is 182 g/mol. The third kappa shape index (κ3) is 1.46. The molecule has 0 heterocycles. The monoisotopic (exact) mass is 193 g/mol. The van der Waals surface area contributed by atoms with Gasteiger partial charge in [0.1, 0.15) is 0 Å². The normalized spacial score (nSPS) is 33.5. The van der Waals surface area contributed by atoms with Gasteiger partial charge in [-0.15, -0.1) is 0 Å². The van der Waals surface area contributed by atoms with Crippen molar-refractivity contribution in [3.63, 3.8) is 0 Å². The zero-order valence-corrected chi connectivity index (χ0v) is 7.88. The lowest BCUT2D eigenvalue weighted by molar-refractivity contribution is -0.136. The van der Waals surface area contributed by atoms with E-state index in [-0.39, 0.29) is 12.0 Å². The molecule has 0 radical (unpaired) electrons. The predicted octanol–water partition coefficient (Wildman–Crippen LogP) is 1.80. The summed E-state index contributed by atoms with van der Waals surface area (Å²) in [7, 11) is 1.37. The first-order valence-electron chi connectivity index (χ1n) is 4.59. The van der Waals surface area contributed by atoms with Crippen LogP contribution in [0.3, 0.4) is 0 Å². The smallest absolute Gasteiger partial charge is 0.333 e. The zero-order chi connectivity index (χ0) is 10.1.